The van der Waals surface area contributed by atoms with Crippen LogP contribution in [0.2, 0.25) is 5.02 Å². The first-order valence-electron chi connectivity index (χ1n) is 4.99. The molecule has 0 radical (unpaired) electrons. The van der Waals surface area contributed by atoms with Gasteiger partial charge in [-0.25, -0.2) is 4.79 Å². The minimum atomic E-state index is -1.13. The number of urea groups is 1. The number of amides is 2. The minimum absolute atomic E-state index is 0.0777. The molecule has 0 saturated heterocycles. The summed E-state index contributed by atoms with van der Waals surface area (Å²) in [5, 5.41) is 11.7. The number of carbonyl (C=O) groups is 2. The Labute approximate surface area is 109 Å². The number of carbonyl (C=O) groups excluding carboxylic acids is 1. The van der Waals surface area contributed by atoms with Crippen LogP contribution in [0.4, 0.5) is 10.5 Å². The smallest absolute Gasteiger partial charge is 0.323 e. The number of aliphatic carboxylic acids is 1. The lowest BCUT2D eigenvalue weighted by Gasteiger charge is -2.18. The summed E-state index contributed by atoms with van der Waals surface area (Å²) < 4.78 is 0. The van der Waals surface area contributed by atoms with Crippen molar-refractivity contribution in [2.75, 3.05) is 18.4 Å². The second-order valence-electron chi connectivity index (χ2n) is 3.39. The number of nitrogens with one attached hydrogen (secondary N) is 1. The molecular formula is C12H11ClN2O3. The number of hydrogen-bond donors (Lipinski definition) is 2. The zero-order valence-corrected chi connectivity index (χ0v) is 10.1. The zero-order valence-electron chi connectivity index (χ0n) is 9.39. The van der Waals surface area contributed by atoms with E-state index in [1.807, 2.05) is 0 Å². The van der Waals surface area contributed by atoms with E-state index in [4.69, 9.17) is 23.1 Å². The van der Waals surface area contributed by atoms with E-state index in [9.17, 15) is 9.59 Å². The van der Waals surface area contributed by atoms with Crippen molar-refractivity contribution in [2.24, 2.45) is 0 Å². The number of hydrogen-bond acceptors (Lipinski definition) is 2. The van der Waals surface area contributed by atoms with Crippen molar-refractivity contribution in [1.82, 2.24) is 4.90 Å². The summed E-state index contributed by atoms with van der Waals surface area (Å²) in [5.41, 5.74) is 0.511. The molecule has 2 amide bonds. The number of carboxylic acid groups (broad SMARTS) is 1. The quantitative estimate of drug-likeness (QED) is 0.818. The molecule has 6 heteroatoms. The Balaban J connectivity index is 2.69. The van der Waals surface area contributed by atoms with Gasteiger partial charge in [0.25, 0.3) is 0 Å². The number of carboxylic acids is 1. The van der Waals surface area contributed by atoms with Crippen LogP contribution in [0, 0.1) is 12.3 Å². The fraction of sp³-hybridized carbons (Fsp3) is 0.167. The van der Waals surface area contributed by atoms with Gasteiger partial charge in [-0.1, -0.05) is 17.5 Å². The van der Waals surface area contributed by atoms with E-state index in [0.717, 1.165) is 4.90 Å². The van der Waals surface area contributed by atoms with Crippen LogP contribution < -0.4 is 5.32 Å². The van der Waals surface area contributed by atoms with Gasteiger partial charge in [0, 0.05) is 10.7 Å². The van der Waals surface area contributed by atoms with Crippen LogP contribution in [0.25, 0.3) is 0 Å². The Bertz CT molecular complexity index is 479. The number of benzene rings is 1. The van der Waals surface area contributed by atoms with Gasteiger partial charge in [0.15, 0.2) is 0 Å². The van der Waals surface area contributed by atoms with Gasteiger partial charge in [-0.3, -0.25) is 4.79 Å². The summed E-state index contributed by atoms with van der Waals surface area (Å²) in [6, 6.07) is 5.86. The van der Waals surface area contributed by atoms with Crippen molar-refractivity contribution in [3.05, 3.63) is 29.3 Å². The number of terminal acetylenes is 1. The van der Waals surface area contributed by atoms with E-state index in [-0.39, 0.29) is 6.54 Å². The van der Waals surface area contributed by atoms with E-state index in [1.54, 1.807) is 24.3 Å². The molecule has 5 nitrogen and oxygen atoms in total. The molecule has 1 aromatic carbocycles. The predicted octanol–water partition coefficient (Wildman–Crippen LogP) is 1.89. The molecule has 0 aliphatic heterocycles. The number of halogens is 1. The maximum atomic E-state index is 11.7. The largest absolute Gasteiger partial charge is 0.480 e. The van der Waals surface area contributed by atoms with Crippen LogP contribution in [0.15, 0.2) is 24.3 Å². The Morgan fingerprint density at radius 2 is 2.00 bits per heavy atom. The van der Waals surface area contributed by atoms with Gasteiger partial charge in [-0.15, -0.1) is 6.42 Å². The molecule has 0 aromatic heterocycles. The lowest BCUT2D eigenvalue weighted by molar-refractivity contribution is -0.137. The highest BCUT2D eigenvalue weighted by atomic mass is 35.5. The first-order valence-corrected chi connectivity index (χ1v) is 5.37. The molecule has 2 N–H and O–H groups in total. The zero-order chi connectivity index (χ0) is 13.5. The normalized spacial score (nSPS) is 9.33. The lowest BCUT2D eigenvalue weighted by atomic mass is 10.3. The van der Waals surface area contributed by atoms with Crippen molar-refractivity contribution in [2.45, 2.75) is 0 Å². The molecule has 0 aliphatic carbocycles. The summed E-state index contributed by atoms with van der Waals surface area (Å²) in [6.07, 6.45) is 5.07. The maximum absolute atomic E-state index is 11.7. The van der Waals surface area contributed by atoms with Crippen molar-refractivity contribution in [1.29, 1.82) is 0 Å². The molecule has 18 heavy (non-hydrogen) atoms. The minimum Gasteiger partial charge on any atom is -0.480 e. The van der Waals surface area contributed by atoms with E-state index in [2.05, 4.69) is 11.2 Å². The van der Waals surface area contributed by atoms with E-state index in [0.29, 0.717) is 10.7 Å². The molecule has 0 spiro atoms. The molecule has 0 heterocycles. The first-order chi connectivity index (χ1) is 8.52. The third kappa shape index (κ3) is 4.36. The van der Waals surface area contributed by atoms with Crippen molar-refractivity contribution < 1.29 is 14.7 Å². The molecule has 94 valence electrons. The van der Waals surface area contributed by atoms with Gasteiger partial charge in [-0.2, -0.15) is 0 Å². The molecule has 0 aliphatic rings. The number of rotatable bonds is 4. The monoisotopic (exact) mass is 266 g/mol. The standard InChI is InChI=1S/C12H11ClN2O3/c1-2-7-15(8-11(16)17)12(18)14-10-5-3-9(13)4-6-10/h1,3-6H,7-8H2,(H,14,18)(H,16,17). The summed E-state index contributed by atoms with van der Waals surface area (Å²) >= 11 is 5.70. The lowest BCUT2D eigenvalue weighted by Crippen LogP contribution is -2.39. The van der Waals surface area contributed by atoms with Crippen molar-refractivity contribution in [3.63, 3.8) is 0 Å². The molecule has 1 rings (SSSR count). The third-order valence-corrected chi connectivity index (χ3v) is 2.24. The van der Waals surface area contributed by atoms with E-state index < -0.39 is 18.5 Å². The van der Waals surface area contributed by atoms with Crippen LogP contribution in [0.3, 0.4) is 0 Å². The molecule has 0 saturated carbocycles. The van der Waals surface area contributed by atoms with Gasteiger partial charge < -0.3 is 15.3 Å². The number of nitrogens with zero attached hydrogens (tertiary/aromatic N) is 1. The molecular weight excluding hydrogens is 256 g/mol. The summed E-state index contributed by atoms with van der Waals surface area (Å²) in [5.74, 6) is 1.10. The first kappa shape index (κ1) is 13.9. The summed E-state index contributed by atoms with van der Waals surface area (Å²) in [6.45, 7) is -0.532. The predicted molar refractivity (Wildman–Crippen MR) is 68.5 cm³/mol. The van der Waals surface area contributed by atoms with Crippen LogP contribution in [-0.2, 0) is 4.79 Å². The fourth-order valence-corrected chi connectivity index (χ4v) is 1.33. The van der Waals surface area contributed by atoms with E-state index >= 15 is 0 Å². The highest BCUT2D eigenvalue weighted by Crippen LogP contribution is 2.13. The fourth-order valence-electron chi connectivity index (χ4n) is 1.21. The second kappa shape index (κ2) is 6.52. The topological polar surface area (TPSA) is 69.6 Å². The Morgan fingerprint density at radius 1 is 1.39 bits per heavy atom. The van der Waals surface area contributed by atoms with Gasteiger partial charge in [0.2, 0.25) is 0 Å². The van der Waals surface area contributed by atoms with Gasteiger partial charge in [-0.05, 0) is 24.3 Å². The Kier molecular flexibility index (Phi) is 5.03. The molecule has 0 fully saturated rings. The van der Waals surface area contributed by atoms with Crippen molar-refractivity contribution in [3.8, 4) is 12.3 Å². The Morgan fingerprint density at radius 3 is 2.50 bits per heavy atom. The van der Waals surface area contributed by atoms with Crippen LogP contribution in [-0.4, -0.2) is 35.1 Å². The Hall–Kier alpha value is -2.19. The third-order valence-electron chi connectivity index (χ3n) is 1.99. The van der Waals surface area contributed by atoms with E-state index in [1.165, 1.54) is 0 Å². The van der Waals surface area contributed by atoms with Crippen LogP contribution >= 0.6 is 11.6 Å². The van der Waals surface area contributed by atoms with Crippen LogP contribution in [0.1, 0.15) is 0 Å². The van der Waals surface area contributed by atoms with Crippen LogP contribution in [0.5, 0.6) is 0 Å². The average Bonchev–Trinajstić information content (AvgIpc) is 2.31. The molecule has 0 unspecified atom stereocenters. The molecule has 0 atom stereocenters. The van der Waals surface area contributed by atoms with Gasteiger partial charge in [0.05, 0.1) is 6.54 Å². The highest BCUT2D eigenvalue weighted by molar-refractivity contribution is 6.30. The molecule has 1 aromatic rings. The SMILES string of the molecule is C#CCN(CC(=O)O)C(=O)Nc1ccc(Cl)cc1. The summed E-state index contributed by atoms with van der Waals surface area (Å²) in [7, 11) is 0. The molecule has 0 bridgehead atoms. The highest BCUT2D eigenvalue weighted by Gasteiger charge is 2.15. The van der Waals surface area contributed by atoms with Gasteiger partial charge in [0.1, 0.15) is 6.54 Å². The summed E-state index contributed by atoms with van der Waals surface area (Å²) in [4.78, 5) is 23.3. The average molecular weight is 267 g/mol. The number of anilines is 1. The van der Waals surface area contributed by atoms with Gasteiger partial charge >= 0.3 is 12.0 Å². The van der Waals surface area contributed by atoms with Crippen molar-refractivity contribution >= 4 is 29.3 Å². The maximum Gasteiger partial charge on any atom is 0.323 e. The second-order valence-corrected chi connectivity index (χ2v) is 3.83.